The number of rotatable bonds is 4. The van der Waals surface area contributed by atoms with Crippen LogP contribution in [0, 0.1) is 0 Å². The second-order valence-corrected chi connectivity index (χ2v) is 8.07. The van der Waals surface area contributed by atoms with E-state index in [4.69, 9.17) is 0 Å². The quantitative estimate of drug-likeness (QED) is 0.830. The molecule has 2 aliphatic heterocycles. The molecule has 158 valence electrons. The molecular formula is C22H32ClN5O. The van der Waals surface area contributed by atoms with E-state index in [1.807, 2.05) is 21.8 Å². The van der Waals surface area contributed by atoms with Crippen molar-refractivity contribution in [3.63, 3.8) is 0 Å². The molecule has 2 saturated heterocycles. The lowest BCUT2D eigenvalue weighted by Gasteiger charge is -2.26. The first kappa shape index (κ1) is 21.8. The largest absolute Gasteiger partial charge is 0.336 e. The van der Waals surface area contributed by atoms with Crippen molar-refractivity contribution in [1.82, 2.24) is 24.9 Å². The Morgan fingerprint density at radius 3 is 2.72 bits per heavy atom. The van der Waals surface area contributed by atoms with Crippen LogP contribution < -0.4 is 5.32 Å². The molecule has 29 heavy (non-hydrogen) atoms. The smallest absolute Gasteiger partial charge is 0.274 e. The Morgan fingerprint density at radius 1 is 1.14 bits per heavy atom. The van der Waals surface area contributed by atoms with Crippen molar-refractivity contribution >= 4 is 18.3 Å². The summed E-state index contributed by atoms with van der Waals surface area (Å²) < 4.78 is 1.97. The van der Waals surface area contributed by atoms with E-state index >= 15 is 0 Å². The van der Waals surface area contributed by atoms with Crippen LogP contribution in [-0.4, -0.2) is 64.3 Å². The predicted octanol–water partition coefficient (Wildman–Crippen LogP) is 2.97. The summed E-state index contributed by atoms with van der Waals surface area (Å²) in [4.78, 5) is 17.5. The van der Waals surface area contributed by atoms with Crippen LogP contribution in [0.2, 0.25) is 0 Å². The summed E-state index contributed by atoms with van der Waals surface area (Å²) in [6.45, 7) is 7.67. The van der Waals surface area contributed by atoms with Gasteiger partial charge in [-0.15, -0.1) is 12.4 Å². The average molecular weight is 418 g/mol. The van der Waals surface area contributed by atoms with Gasteiger partial charge in [-0.3, -0.25) is 14.4 Å². The molecule has 1 aromatic carbocycles. The van der Waals surface area contributed by atoms with Gasteiger partial charge in [0.2, 0.25) is 0 Å². The van der Waals surface area contributed by atoms with Gasteiger partial charge < -0.3 is 10.2 Å². The molecule has 1 amide bonds. The topological polar surface area (TPSA) is 53.4 Å². The normalized spacial score (nSPS) is 23.3. The van der Waals surface area contributed by atoms with Crippen molar-refractivity contribution in [3.8, 4) is 0 Å². The molecule has 0 bridgehead atoms. The van der Waals surface area contributed by atoms with Gasteiger partial charge >= 0.3 is 0 Å². The fraction of sp³-hybridized carbons (Fsp3) is 0.545. The summed E-state index contributed by atoms with van der Waals surface area (Å²) in [5.74, 6) is 0.0660. The van der Waals surface area contributed by atoms with Gasteiger partial charge in [-0.2, -0.15) is 5.10 Å². The van der Waals surface area contributed by atoms with Gasteiger partial charge in [-0.25, -0.2) is 0 Å². The highest BCUT2D eigenvalue weighted by atomic mass is 35.5. The summed E-state index contributed by atoms with van der Waals surface area (Å²) in [6, 6.07) is 13.3. The third kappa shape index (κ3) is 5.38. The number of halogens is 1. The Labute approximate surface area is 179 Å². The second kappa shape index (κ2) is 10.2. The van der Waals surface area contributed by atoms with E-state index in [1.54, 1.807) is 0 Å². The van der Waals surface area contributed by atoms with E-state index < -0.39 is 0 Å². The van der Waals surface area contributed by atoms with E-state index in [0.717, 1.165) is 58.5 Å². The number of piperidine rings is 1. The Bertz CT molecular complexity index is 775. The lowest BCUT2D eigenvalue weighted by atomic mass is 10.1. The number of aromatic nitrogens is 2. The molecule has 1 N–H and O–H groups in total. The van der Waals surface area contributed by atoms with Crippen molar-refractivity contribution in [3.05, 3.63) is 53.9 Å². The van der Waals surface area contributed by atoms with Crippen LogP contribution in [0.5, 0.6) is 0 Å². The molecule has 2 atom stereocenters. The number of benzene rings is 1. The Hall–Kier alpha value is -1.89. The van der Waals surface area contributed by atoms with E-state index in [0.29, 0.717) is 17.8 Å². The first-order valence-corrected chi connectivity index (χ1v) is 10.5. The maximum atomic E-state index is 13.0. The maximum absolute atomic E-state index is 13.0. The summed E-state index contributed by atoms with van der Waals surface area (Å²) in [6.07, 6.45) is 5.24. The number of hydrogen-bond acceptors (Lipinski definition) is 4. The molecule has 0 spiro atoms. The van der Waals surface area contributed by atoms with Gasteiger partial charge in [0.15, 0.2) is 0 Å². The van der Waals surface area contributed by atoms with Crippen LogP contribution in [0.25, 0.3) is 0 Å². The fourth-order valence-electron chi connectivity index (χ4n) is 4.24. The van der Waals surface area contributed by atoms with Gasteiger partial charge in [-0.05, 0) is 44.4 Å². The van der Waals surface area contributed by atoms with Crippen molar-refractivity contribution in [2.45, 2.75) is 44.8 Å². The summed E-state index contributed by atoms with van der Waals surface area (Å²) in [5.41, 5.74) is 1.91. The predicted molar refractivity (Wildman–Crippen MR) is 117 cm³/mol. The molecule has 1 aromatic heterocycles. The Kier molecular flexibility index (Phi) is 7.70. The van der Waals surface area contributed by atoms with E-state index in [9.17, 15) is 4.79 Å². The molecule has 7 heteroatoms. The zero-order chi connectivity index (χ0) is 19.3. The van der Waals surface area contributed by atoms with Crippen molar-refractivity contribution in [2.24, 2.45) is 0 Å². The molecule has 0 aliphatic carbocycles. The van der Waals surface area contributed by atoms with Gasteiger partial charge in [-0.1, -0.05) is 30.3 Å². The average Bonchev–Trinajstić information content (AvgIpc) is 3.17. The zero-order valence-corrected chi connectivity index (χ0v) is 18.0. The molecular weight excluding hydrogens is 386 g/mol. The van der Waals surface area contributed by atoms with E-state index in [-0.39, 0.29) is 18.3 Å². The minimum absolute atomic E-state index is 0. The number of hydrogen-bond donors (Lipinski definition) is 1. The van der Waals surface area contributed by atoms with Crippen LogP contribution >= 0.6 is 12.4 Å². The van der Waals surface area contributed by atoms with E-state index in [1.165, 1.54) is 5.56 Å². The van der Waals surface area contributed by atoms with Gasteiger partial charge in [0.1, 0.15) is 5.69 Å². The van der Waals surface area contributed by atoms with Crippen molar-refractivity contribution in [2.75, 3.05) is 32.7 Å². The standard InChI is InChI=1S/C22H31N5O.ClH/c1-18-9-12-25(14-15-26(18)17-19-6-3-2-4-7-19)22(28)21-10-13-27(24-21)20-8-5-11-23-16-20;/h2-4,6-7,10,13,18,20,23H,5,8-9,11-12,14-17H2,1H3;1H. The molecule has 3 heterocycles. The van der Waals surface area contributed by atoms with Gasteiger partial charge in [0.25, 0.3) is 5.91 Å². The molecule has 2 fully saturated rings. The van der Waals surface area contributed by atoms with Gasteiger partial charge in [0.05, 0.1) is 6.04 Å². The highest BCUT2D eigenvalue weighted by Gasteiger charge is 2.26. The molecule has 0 radical (unpaired) electrons. The number of carbonyl (C=O) groups is 1. The SMILES string of the molecule is CC1CCN(C(=O)c2ccn(C3CCCNC3)n2)CCN1Cc1ccccc1.Cl. The molecule has 2 aliphatic rings. The lowest BCUT2D eigenvalue weighted by Crippen LogP contribution is -2.36. The van der Waals surface area contributed by atoms with Crippen LogP contribution in [0.1, 0.15) is 48.3 Å². The maximum Gasteiger partial charge on any atom is 0.274 e. The van der Waals surface area contributed by atoms with Crippen molar-refractivity contribution < 1.29 is 4.79 Å². The highest BCUT2D eigenvalue weighted by Crippen LogP contribution is 2.18. The van der Waals surface area contributed by atoms with Crippen LogP contribution in [0.4, 0.5) is 0 Å². The monoisotopic (exact) mass is 417 g/mol. The minimum atomic E-state index is 0. The molecule has 6 nitrogen and oxygen atoms in total. The third-order valence-corrected chi connectivity index (χ3v) is 6.09. The Morgan fingerprint density at radius 2 is 1.97 bits per heavy atom. The molecule has 0 saturated carbocycles. The van der Waals surface area contributed by atoms with Gasteiger partial charge in [0, 0.05) is 45.0 Å². The molecule has 2 aromatic rings. The number of carbonyl (C=O) groups excluding carboxylic acids is 1. The van der Waals surface area contributed by atoms with Crippen molar-refractivity contribution in [1.29, 1.82) is 0 Å². The first-order valence-electron chi connectivity index (χ1n) is 10.5. The molecule has 2 unspecified atom stereocenters. The highest BCUT2D eigenvalue weighted by molar-refractivity contribution is 5.92. The Balaban J connectivity index is 0.00000240. The molecule has 4 rings (SSSR count). The summed E-state index contributed by atoms with van der Waals surface area (Å²) in [5, 5.41) is 8.03. The van der Waals surface area contributed by atoms with Crippen LogP contribution in [0.15, 0.2) is 42.6 Å². The van der Waals surface area contributed by atoms with Crippen LogP contribution in [0.3, 0.4) is 0 Å². The minimum Gasteiger partial charge on any atom is -0.336 e. The number of amides is 1. The number of nitrogens with one attached hydrogen (secondary N) is 1. The number of nitrogens with zero attached hydrogens (tertiary/aromatic N) is 4. The summed E-state index contributed by atoms with van der Waals surface area (Å²) >= 11 is 0. The van der Waals surface area contributed by atoms with E-state index in [2.05, 4.69) is 52.6 Å². The fourth-order valence-corrected chi connectivity index (χ4v) is 4.24. The lowest BCUT2D eigenvalue weighted by molar-refractivity contribution is 0.0753. The third-order valence-electron chi connectivity index (χ3n) is 6.09. The van der Waals surface area contributed by atoms with Crippen LogP contribution in [-0.2, 0) is 6.54 Å². The summed E-state index contributed by atoms with van der Waals surface area (Å²) in [7, 11) is 0. The second-order valence-electron chi connectivity index (χ2n) is 8.07. The zero-order valence-electron chi connectivity index (χ0n) is 17.2. The first-order chi connectivity index (χ1) is 13.7.